The maximum absolute atomic E-state index is 13.4. The molecule has 8 heteroatoms. The average Bonchev–Trinajstić information content (AvgIpc) is 2.88. The summed E-state index contributed by atoms with van der Waals surface area (Å²) in [5.41, 5.74) is 0.596. The van der Waals surface area contributed by atoms with Crippen LogP contribution in [0.5, 0.6) is 0 Å². The van der Waals surface area contributed by atoms with Gasteiger partial charge in [0.05, 0.1) is 6.61 Å². The van der Waals surface area contributed by atoms with Gasteiger partial charge in [0, 0.05) is 32.7 Å². The Morgan fingerprint density at radius 3 is 2.51 bits per heavy atom. The number of amides is 3. The van der Waals surface area contributed by atoms with E-state index in [1.54, 1.807) is 0 Å². The lowest BCUT2D eigenvalue weighted by Crippen LogP contribution is -2.72. The molecule has 35 heavy (non-hydrogen) atoms. The second-order valence-electron chi connectivity index (χ2n) is 9.68. The number of benzene rings is 1. The number of hydrogen-bond donors (Lipinski definition) is 2. The summed E-state index contributed by atoms with van der Waals surface area (Å²) in [7, 11) is 0. The molecule has 3 rings (SSSR count). The highest BCUT2D eigenvalue weighted by Gasteiger charge is 2.52. The quantitative estimate of drug-likeness (QED) is 0.443. The van der Waals surface area contributed by atoms with Gasteiger partial charge in [0.25, 0.3) is 0 Å². The summed E-state index contributed by atoms with van der Waals surface area (Å²) >= 11 is 0. The van der Waals surface area contributed by atoms with E-state index in [4.69, 9.17) is 4.74 Å². The van der Waals surface area contributed by atoms with Crippen molar-refractivity contribution >= 4 is 17.9 Å². The molecule has 0 bridgehead atoms. The van der Waals surface area contributed by atoms with Crippen LogP contribution in [0.2, 0.25) is 0 Å². The van der Waals surface area contributed by atoms with E-state index in [1.807, 2.05) is 17.9 Å². The van der Waals surface area contributed by atoms with E-state index in [9.17, 15) is 14.4 Å². The molecule has 194 valence electrons. The summed E-state index contributed by atoms with van der Waals surface area (Å²) in [6.07, 6.45) is 5.61. The molecule has 1 aromatic rings. The zero-order chi connectivity index (χ0) is 25.1. The van der Waals surface area contributed by atoms with Crippen LogP contribution < -0.4 is 10.6 Å². The minimum Gasteiger partial charge on any atom is -0.450 e. The van der Waals surface area contributed by atoms with Gasteiger partial charge in [0.15, 0.2) is 0 Å². The largest absolute Gasteiger partial charge is 0.450 e. The first kappa shape index (κ1) is 27.0. The molecule has 2 fully saturated rings. The fourth-order valence-corrected chi connectivity index (χ4v) is 5.10. The van der Waals surface area contributed by atoms with Gasteiger partial charge >= 0.3 is 6.09 Å². The molecule has 8 nitrogen and oxygen atoms in total. The summed E-state index contributed by atoms with van der Waals surface area (Å²) in [6, 6.07) is 9.98. The van der Waals surface area contributed by atoms with Crippen LogP contribution in [0.4, 0.5) is 4.79 Å². The molecule has 1 atom stereocenters. The number of nitrogens with one attached hydrogen (secondary N) is 2. The Kier molecular flexibility index (Phi) is 10.4. The fourth-order valence-electron chi connectivity index (χ4n) is 5.10. The molecule has 0 aliphatic carbocycles. The van der Waals surface area contributed by atoms with Crippen molar-refractivity contribution in [3.05, 3.63) is 35.9 Å². The van der Waals surface area contributed by atoms with E-state index in [-0.39, 0.29) is 11.8 Å². The molecule has 2 N–H and O–H groups in total. The first-order chi connectivity index (χ1) is 17.0. The van der Waals surface area contributed by atoms with Gasteiger partial charge in [0.2, 0.25) is 11.8 Å². The van der Waals surface area contributed by atoms with Crippen LogP contribution in [0.25, 0.3) is 0 Å². The van der Waals surface area contributed by atoms with Gasteiger partial charge in [-0.05, 0) is 56.9 Å². The highest BCUT2D eigenvalue weighted by Crippen LogP contribution is 2.34. The van der Waals surface area contributed by atoms with Gasteiger partial charge in [-0.2, -0.15) is 0 Å². The fraction of sp³-hybridized carbons (Fsp3) is 0.667. The lowest BCUT2D eigenvalue weighted by atomic mass is 9.81. The molecule has 0 radical (unpaired) electrons. The molecule has 2 heterocycles. The van der Waals surface area contributed by atoms with Crippen LogP contribution in [-0.2, 0) is 20.7 Å². The van der Waals surface area contributed by atoms with Crippen molar-refractivity contribution in [3.8, 4) is 0 Å². The second-order valence-corrected chi connectivity index (χ2v) is 9.68. The van der Waals surface area contributed by atoms with E-state index < -0.39 is 17.7 Å². The van der Waals surface area contributed by atoms with Crippen LogP contribution in [-0.4, -0.2) is 78.6 Å². The zero-order valence-electron chi connectivity index (χ0n) is 21.4. The molecule has 1 spiro atoms. The molecule has 0 aromatic heterocycles. The Bertz CT molecular complexity index is 824. The van der Waals surface area contributed by atoms with Crippen LogP contribution in [0, 0.1) is 0 Å². The third-order valence-electron chi connectivity index (χ3n) is 7.12. The SMILES string of the molecule is CCCOC(=O)NCCCC[C@@H]1NC(=O)C2(CCN(CCc3ccccc3)CC2)N(CCC)C1=O. The summed E-state index contributed by atoms with van der Waals surface area (Å²) in [5.74, 6) is 0.0408. The summed E-state index contributed by atoms with van der Waals surface area (Å²) in [4.78, 5) is 42.6. The Labute approximate surface area is 209 Å². The lowest BCUT2D eigenvalue weighted by molar-refractivity contribution is -0.161. The molecular formula is C27H42N4O4. The number of carbonyl (C=O) groups is 3. The Hall–Kier alpha value is -2.61. The highest BCUT2D eigenvalue weighted by molar-refractivity contribution is 6.00. The van der Waals surface area contributed by atoms with Crippen molar-refractivity contribution in [2.45, 2.75) is 76.8 Å². The van der Waals surface area contributed by atoms with Crippen molar-refractivity contribution in [1.82, 2.24) is 20.4 Å². The van der Waals surface area contributed by atoms with Crippen LogP contribution in [0.15, 0.2) is 30.3 Å². The van der Waals surface area contributed by atoms with E-state index in [0.29, 0.717) is 39.0 Å². The van der Waals surface area contributed by atoms with Gasteiger partial charge in [0.1, 0.15) is 11.6 Å². The lowest BCUT2D eigenvalue weighted by Gasteiger charge is -2.51. The first-order valence-corrected chi connectivity index (χ1v) is 13.3. The normalized spacial score (nSPS) is 20.1. The van der Waals surface area contributed by atoms with Crippen molar-refractivity contribution in [2.24, 2.45) is 0 Å². The van der Waals surface area contributed by atoms with Crippen LogP contribution in [0.1, 0.15) is 64.4 Å². The van der Waals surface area contributed by atoms with Crippen molar-refractivity contribution < 1.29 is 19.1 Å². The Morgan fingerprint density at radius 1 is 1.09 bits per heavy atom. The second kappa shape index (κ2) is 13.5. The number of carbonyl (C=O) groups excluding carboxylic acids is 3. The van der Waals surface area contributed by atoms with Gasteiger partial charge in [-0.25, -0.2) is 4.79 Å². The van der Waals surface area contributed by atoms with E-state index in [2.05, 4.69) is 46.7 Å². The number of rotatable bonds is 12. The topological polar surface area (TPSA) is 91.0 Å². The van der Waals surface area contributed by atoms with Crippen LogP contribution in [0.3, 0.4) is 0 Å². The Morgan fingerprint density at radius 2 is 1.83 bits per heavy atom. The minimum atomic E-state index is -0.725. The van der Waals surface area contributed by atoms with Gasteiger partial charge in [-0.3, -0.25) is 9.59 Å². The van der Waals surface area contributed by atoms with E-state index in [0.717, 1.165) is 51.7 Å². The van der Waals surface area contributed by atoms with E-state index in [1.165, 1.54) is 5.56 Å². The maximum atomic E-state index is 13.4. The number of alkyl carbamates (subject to hydrolysis) is 1. The third-order valence-corrected chi connectivity index (χ3v) is 7.12. The number of ether oxygens (including phenoxy) is 1. The number of hydrogen-bond acceptors (Lipinski definition) is 5. The number of piperidine rings is 1. The first-order valence-electron chi connectivity index (χ1n) is 13.3. The molecule has 0 unspecified atom stereocenters. The van der Waals surface area contributed by atoms with E-state index >= 15 is 0 Å². The molecule has 0 saturated carbocycles. The molecule has 3 amide bonds. The highest BCUT2D eigenvalue weighted by atomic mass is 16.5. The zero-order valence-corrected chi connectivity index (χ0v) is 21.4. The Balaban J connectivity index is 1.49. The maximum Gasteiger partial charge on any atom is 0.407 e. The third kappa shape index (κ3) is 7.19. The molecule has 2 saturated heterocycles. The minimum absolute atomic E-state index is 0.000437. The van der Waals surface area contributed by atoms with Gasteiger partial charge in [-0.1, -0.05) is 44.2 Å². The number of piperazine rings is 1. The average molecular weight is 487 g/mol. The molecule has 1 aromatic carbocycles. The molecular weight excluding hydrogens is 444 g/mol. The smallest absolute Gasteiger partial charge is 0.407 e. The summed E-state index contributed by atoms with van der Waals surface area (Å²) in [6.45, 7) is 8.12. The van der Waals surface area contributed by atoms with Crippen molar-refractivity contribution in [1.29, 1.82) is 0 Å². The van der Waals surface area contributed by atoms with Gasteiger partial charge < -0.3 is 25.2 Å². The van der Waals surface area contributed by atoms with Crippen molar-refractivity contribution in [3.63, 3.8) is 0 Å². The predicted molar refractivity (Wildman–Crippen MR) is 136 cm³/mol. The standard InChI is InChI=1S/C27H42N4O4/c1-3-17-31-24(32)23(12-8-9-16-28-26(34)35-21-4-2)29-25(33)27(31)14-19-30(20-15-27)18-13-22-10-6-5-7-11-22/h5-7,10-11,23H,3-4,8-9,12-21H2,1-2H3,(H,28,34)(H,29,33)/t23-/m0/s1. The molecule has 2 aliphatic rings. The predicted octanol–water partition coefficient (Wildman–Crippen LogP) is 3.11. The number of nitrogens with zero attached hydrogens (tertiary/aromatic N) is 2. The molecule has 2 aliphatic heterocycles. The van der Waals surface area contributed by atoms with Crippen molar-refractivity contribution in [2.75, 3.05) is 39.3 Å². The summed E-state index contributed by atoms with van der Waals surface area (Å²) in [5, 5.41) is 5.78. The number of likely N-dealkylation sites (tertiary alicyclic amines) is 1. The van der Waals surface area contributed by atoms with Crippen LogP contribution >= 0.6 is 0 Å². The van der Waals surface area contributed by atoms with Gasteiger partial charge in [-0.15, -0.1) is 0 Å². The summed E-state index contributed by atoms with van der Waals surface area (Å²) < 4.78 is 5.00. The number of unbranched alkanes of at least 4 members (excludes halogenated alkanes) is 1. The monoisotopic (exact) mass is 486 g/mol.